The molecule has 1 atom stereocenters. The maximum atomic E-state index is 13.9. The number of nitrogens with one attached hydrogen (secondary N) is 3. The van der Waals surface area contributed by atoms with Gasteiger partial charge in [-0.25, -0.2) is 4.39 Å². The fraction of sp³-hybridized carbons (Fsp3) is 0.348. The zero-order chi connectivity index (χ0) is 23.8. The molecule has 8 nitrogen and oxygen atoms in total. The zero-order valence-electron chi connectivity index (χ0n) is 18.7. The number of hydrogen-bond donors (Lipinski definition) is 3. The fourth-order valence-corrected chi connectivity index (χ4v) is 2.83. The van der Waals surface area contributed by atoms with Crippen LogP contribution in [-0.2, 0) is 4.79 Å². The van der Waals surface area contributed by atoms with Crippen molar-refractivity contribution in [1.82, 2.24) is 16.2 Å². The van der Waals surface area contributed by atoms with Gasteiger partial charge >= 0.3 is 0 Å². The normalized spacial score (nSPS) is 11.6. The summed E-state index contributed by atoms with van der Waals surface area (Å²) in [5, 5.41) is 2.50. The molecule has 0 saturated heterocycles. The van der Waals surface area contributed by atoms with Crippen LogP contribution in [0.1, 0.15) is 48.4 Å². The van der Waals surface area contributed by atoms with Crippen LogP contribution in [0.15, 0.2) is 42.5 Å². The Kier molecular flexibility index (Phi) is 8.57. The van der Waals surface area contributed by atoms with Gasteiger partial charge in [0.05, 0.1) is 18.8 Å². The number of benzene rings is 2. The monoisotopic (exact) mass is 445 g/mol. The molecule has 0 spiro atoms. The summed E-state index contributed by atoms with van der Waals surface area (Å²) < 4.78 is 24.7. The van der Waals surface area contributed by atoms with Crippen LogP contribution >= 0.6 is 0 Å². The van der Waals surface area contributed by atoms with Gasteiger partial charge in [0.15, 0.2) is 11.5 Å². The summed E-state index contributed by atoms with van der Waals surface area (Å²) in [6.07, 6.45) is -0.0737. The van der Waals surface area contributed by atoms with Crippen molar-refractivity contribution in [2.75, 3.05) is 7.11 Å². The Balaban J connectivity index is 2.04. The van der Waals surface area contributed by atoms with E-state index in [0.717, 1.165) is 6.07 Å². The van der Waals surface area contributed by atoms with E-state index in [9.17, 15) is 18.8 Å². The Morgan fingerprint density at radius 3 is 2.19 bits per heavy atom. The molecule has 0 fully saturated rings. The molecule has 0 aliphatic rings. The van der Waals surface area contributed by atoms with Crippen LogP contribution in [-0.4, -0.2) is 37.0 Å². The first kappa shape index (κ1) is 24.6. The van der Waals surface area contributed by atoms with Crippen molar-refractivity contribution in [2.24, 2.45) is 5.92 Å². The van der Waals surface area contributed by atoms with Gasteiger partial charge in [0.1, 0.15) is 11.9 Å². The van der Waals surface area contributed by atoms with Crippen molar-refractivity contribution in [3.05, 3.63) is 59.4 Å². The predicted octanol–water partition coefficient (Wildman–Crippen LogP) is 2.84. The number of halogens is 1. The standard InChI is InChI=1S/C23H28FN3O5/c1-13(2)20(25-22(29)16-8-6-7-9-17(16)24)23(30)27-26-21(28)15-10-11-18(32-14(3)4)19(12-15)31-5/h6-14,20H,1-5H3,(H,25,29)(H,26,28)(H,27,30). The lowest BCUT2D eigenvalue weighted by molar-refractivity contribution is -0.124. The molecule has 1 unspecified atom stereocenters. The number of ether oxygens (including phenoxy) is 2. The van der Waals surface area contributed by atoms with Gasteiger partial charge in [-0.05, 0) is 50.1 Å². The lowest BCUT2D eigenvalue weighted by Gasteiger charge is -2.22. The van der Waals surface area contributed by atoms with Gasteiger partial charge < -0.3 is 14.8 Å². The van der Waals surface area contributed by atoms with Crippen molar-refractivity contribution in [1.29, 1.82) is 0 Å². The Labute approximate surface area is 186 Å². The SMILES string of the molecule is COc1cc(C(=O)NNC(=O)C(NC(=O)c2ccccc2F)C(C)C)ccc1OC(C)C. The third kappa shape index (κ3) is 6.44. The number of amides is 3. The van der Waals surface area contributed by atoms with E-state index < -0.39 is 29.6 Å². The first-order valence-electron chi connectivity index (χ1n) is 10.1. The van der Waals surface area contributed by atoms with E-state index >= 15 is 0 Å². The van der Waals surface area contributed by atoms with E-state index in [4.69, 9.17) is 9.47 Å². The number of carbonyl (C=O) groups excluding carboxylic acids is 3. The summed E-state index contributed by atoms with van der Waals surface area (Å²) in [7, 11) is 1.46. The predicted molar refractivity (Wildman–Crippen MR) is 117 cm³/mol. The zero-order valence-corrected chi connectivity index (χ0v) is 18.7. The molecule has 2 rings (SSSR count). The molecule has 32 heavy (non-hydrogen) atoms. The van der Waals surface area contributed by atoms with E-state index in [0.29, 0.717) is 11.5 Å². The van der Waals surface area contributed by atoms with Crippen LogP contribution in [0.5, 0.6) is 11.5 Å². The molecule has 2 aromatic carbocycles. The highest BCUT2D eigenvalue weighted by atomic mass is 19.1. The molecule has 2 aromatic rings. The Morgan fingerprint density at radius 1 is 0.906 bits per heavy atom. The summed E-state index contributed by atoms with van der Waals surface area (Å²) >= 11 is 0. The second-order valence-electron chi connectivity index (χ2n) is 7.65. The maximum absolute atomic E-state index is 13.9. The van der Waals surface area contributed by atoms with Gasteiger partial charge in [0.2, 0.25) is 0 Å². The third-order valence-electron chi connectivity index (χ3n) is 4.44. The van der Waals surface area contributed by atoms with Crippen LogP contribution < -0.4 is 25.6 Å². The van der Waals surface area contributed by atoms with Crippen molar-refractivity contribution >= 4 is 17.7 Å². The topological polar surface area (TPSA) is 106 Å². The van der Waals surface area contributed by atoms with Gasteiger partial charge in [-0.15, -0.1) is 0 Å². The van der Waals surface area contributed by atoms with E-state index in [-0.39, 0.29) is 23.1 Å². The molecule has 0 aromatic heterocycles. The highest BCUT2D eigenvalue weighted by Crippen LogP contribution is 2.28. The maximum Gasteiger partial charge on any atom is 0.269 e. The van der Waals surface area contributed by atoms with Crippen LogP contribution in [0.4, 0.5) is 4.39 Å². The van der Waals surface area contributed by atoms with Gasteiger partial charge in [-0.2, -0.15) is 0 Å². The molecule has 0 saturated carbocycles. The summed E-state index contributed by atoms with van der Waals surface area (Å²) in [5.41, 5.74) is 4.66. The highest BCUT2D eigenvalue weighted by Gasteiger charge is 2.26. The first-order valence-corrected chi connectivity index (χ1v) is 10.1. The Hall–Kier alpha value is -3.62. The number of methoxy groups -OCH3 is 1. The average Bonchev–Trinajstić information content (AvgIpc) is 2.75. The van der Waals surface area contributed by atoms with Gasteiger partial charge in [-0.3, -0.25) is 25.2 Å². The van der Waals surface area contributed by atoms with E-state index in [1.54, 1.807) is 19.9 Å². The Bertz CT molecular complexity index is 978. The van der Waals surface area contributed by atoms with Crippen LogP contribution in [0.25, 0.3) is 0 Å². The second kappa shape index (κ2) is 11.1. The quantitative estimate of drug-likeness (QED) is 0.542. The van der Waals surface area contributed by atoms with Crippen LogP contribution in [0.3, 0.4) is 0 Å². The minimum absolute atomic E-state index is 0.0737. The number of rotatable bonds is 8. The minimum atomic E-state index is -1.00. The first-order chi connectivity index (χ1) is 15.1. The summed E-state index contributed by atoms with van der Waals surface area (Å²) in [5.74, 6) is -2.13. The molecule has 9 heteroatoms. The van der Waals surface area contributed by atoms with Gasteiger partial charge in [0.25, 0.3) is 17.7 Å². The molecular weight excluding hydrogens is 417 g/mol. The molecule has 3 amide bonds. The van der Waals surface area contributed by atoms with Gasteiger partial charge in [0, 0.05) is 5.56 Å². The average molecular weight is 445 g/mol. The molecule has 0 aliphatic heterocycles. The van der Waals surface area contributed by atoms with Crippen molar-refractivity contribution in [3.8, 4) is 11.5 Å². The molecule has 0 heterocycles. The van der Waals surface area contributed by atoms with Crippen LogP contribution in [0.2, 0.25) is 0 Å². The summed E-state index contributed by atoms with van der Waals surface area (Å²) in [6, 6.07) is 9.08. The molecule has 0 radical (unpaired) electrons. The summed E-state index contributed by atoms with van der Waals surface area (Å²) in [4.78, 5) is 37.4. The number of carbonyl (C=O) groups is 3. The van der Waals surface area contributed by atoms with Crippen molar-refractivity contribution in [3.63, 3.8) is 0 Å². The van der Waals surface area contributed by atoms with Crippen molar-refractivity contribution < 1.29 is 28.2 Å². The molecule has 0 bridgehead atoms. The van der Waals surface area contributed by atoms with E-state index in [1.807, 2.05) is 13.8 Å². The number of hydrogen-bond acceptors (Lipinski definition) is 5. The largest absolute Gasteiger partial charge is 0.493 e. The van der Waals surface area contributed by atoms with Crippen molar-refractivity contribution in [2.45, 2.75) is 39.8 Å². The Morgan fingerprint density at radius 2 is 1.59 bits per heavy atom. The van der Waals surface area contributed by atoms with Crippen LogP contribution in [0, 0.1) is 11.7 Å². The molecule has 0 aliphatic carbocycles. The highest BCUT2D eigenvalue weighted by molar-refractivity contribution is 5.99. The smallest absolute Gasteiger partial charge is 0.269 e. The molecule has 172 valence electrons. The second-order valence-corrected chi connectivity index (χ2v) is 7.65. The van der Waals surface area contributed by atoms with E-state index in [1.165, 1.54) is 37.4 Å². The minimum Gasteiger partial charge on any atom is -0.493 e. The number of hydrazine groups is 1. The lowest BCUT2D eigenvalue weighted by atomic mass is 10.0. The third-order valence-corrected chi connectivity index (χ3v) is 4.44. The summed E-state index contributed by atoms with van der Waals surface area (Å²) in [6.45, 7) is 7.16. The molecule has 3 N–H and O–H groups in total. The lowest BCUT2D eigenvalue weighted by Crippen LogP contribution is -2.54. The van der Waals surface area contributed by atoms with Gasteiger partial charge in [-0.1, -0.05) is 26.0 Å². The molecular formula is C23H28FN3O5. The van der Waals surface area contributed by atoms with E-state index in [2.05, 4.69) is 16.2 Å². The fourth-order valence-electron chi connectivity index (χ4n) is 2.83.